The standard InChI is InChI=1S/C10H20O4S/c1-9(8-10(11)12)15-7-6-14-5-3-4-13-2/h9H,3-8H2,1-2H3,(H,11,12). The molecule has 0 aromatic carbocycles. The van der Waals surface area contributed by atoms with Gasteiger partial charge in [0.25, 0.3) is 0 Å². The van der Waals surface area contributed by atoms with E-state index in [1.54, 1.807) is 18.9 Å². The summed E-state index contributed by atoms with van der Waals surface area (Å²) in [4.78, 5) is 10.4. The molecule has 90 valence electrons. The Bertz CT molecular complexity index is 164. The minimum Gasteiger partial charge on any atom is -0.481 e. The molecule has 0 saturated carbocycles. The van der Waals surface area contributed by atoms with Gasteiger partial charge >= 0.3 is 5.97 Å². The van der Waals surface area contributed by atoms with Crippen LogP contribution in [-0.2, 0) is 14.3 Å². The number of carboxylic acid groups (broad SMARTS) is 1. The molecule has 0 spiro atoms. The minimum atomic E-state index is -0.740. The fourth-order valence-electron chi connectivity index (χ4n) is 1.02. The number of hydrogen-bond acceptors (Lipinski definition) is 4. The molecule has 4 nitrogen and oxygen atoms in total. The number of methoxy groups -OCH3 is 1. The van der Waals surface area contributed by atoms with Crippen molar-refractivity contribution in [2.75, 3.05) is 32.7 Å². The highest BCUT2D eigenvalue weighted by molar-refractivity contribution is 7.99. The first-order chi connectivity index (χ1) is 7.16. The second-order valence-corrected chi connectivity index (χ2v) is 4.78. The monoisotopic (exact) mass is 236 g/mol. The van der Waals surface area contributed by atoms with Crippen molar-refractivity contribution in [3.8, 4) is 0 Å². The van der Waals surface area contributed by atoms with E-state index in [-0.39, 0.29) is 11.7 Å². The molecule has 0 aliphatic rings. The number of carboxylic acids is 1. The van der Waals surface area contributed by atoms with Crippen LogP contribution in [0.1, 0.15) is 19.8 Å². The maximum absolute atomic E-state index is 10.4. The summed E-state index contributed by atoms with van der Waals surface area (Å²) in [6, 6.07) is 0. The molecule has 0 amide bonds. The van der Waals surface area contributed by atoms with Crippen LogP contribution in [0.5, 0.6) is 0 Å². The first-order valence-corrected chi connectivity index (χ1v) is 6.11. The molecule has 1 atom stereocenters. The van der Waals surface area contributed by atoms with Gasteiger partial charge in [0, 0.05) is 31.3 Å². The lowest BCUT2D eigenvalue weighted by Gasteiger charge is -2.08. The third kappa shape index (κ3) is 11.7. The van der Waals surface area contributed by atoms with Crippen LogP contribution in [0.3, 0.4) is 0 Å². The zero-order valence-corrected chi connectivity index (χ0v) is 10.2. The molecule has 0 saturated heterocycles. The Hall–Kier alpha value is -0.260. The first-order valence-electron chi connectivity index (χ1n) is 5.07. The summed E-state index contributed by atoms with van der Waals surface area (Å²) in [6.07, 6.45) is 1.13. The van der Waals surface area contributed by atoms with Crippen LogP contribution >= 0.6 is 11.8 Å². The van der Waals surface area contributed by atoms with E-state index in [1.807, 2.05) is 6.92 Å². The van der Waals surface area contributed by atoms with Crippen LogP contribution in [0.25, 0.3) is 0 Å². The fraction of sp³-hybridized carbons (Fsp3) is 0.900. The molecule has 1 N–H and O–H groups in total. The number of rotatable bonds is 10. The summed E-state index contributed by atoms with van der Waals surface area (Å²) in [5.41, 5.74) is 0. The quantitative estimate of drug-likeness (QED) is 0.584. The Kier molecular flexibility index (Phi) is 10.1. The number of aliphatic carboxylic acids is 1. The first kappa shape index (κ1) is 14.7. The lowest BCUT2D eigenvalue weighted by Crippen LogP contribution is -2.08. The third-order valence-corrected chi connectivity index (χ3v) is 2.87. The van der Waals surface area contributed by atoms with Gasteiger partial charge in [-0.15, -0.1) is 0 Å². The topological polar surface area (TPSA) is 55.8 Å². The molecular formula is C10H20O4S. The van der Waals surface area contributed by atoms with Gasteiger partial charge in [-0.2, -0.15) is 11.8 Å². The largest absolute Gasteiger partial charge is 0.481 e. The number of thioether (sulfide) groups is 1. The maximum atomic E-state index is 10.4. The second-order valence-electron chi connectivity index (χ2n) is 3.24. The molecule has 0 rings (SSSR count). The van der Waals surface area contributed by atoms with Gasteiger partial charge in [0.2, 0.25) is 0 Å². The SMILES string of the molecule is COCCCOCCSC(C)CC(=O)O. The fourth-order valence-corrected chi connectivity index (χ4v) is 1.90. The number of ether oxygens (including phenoxy) is 2. The van der Waals surface area contributed by atoms with Gasteiger partial charge < -0.3 is 14.6 Å². The van der Waals surface area contributed by atoms with Crippen molar-refractivity contribution in [2.45, 2.75) is 25.0 Å². The number of carbonyl (C=O) groups is 1. The highest BCUT2D eigenvalue weighted by Gasteiger charge is 2.06. The van der Waals surface area contributed by atoms with E-state index in [9.17, 15) is 4.79 Å². The van der Waals surface area contributed by atoms with Crippen molar-refractivity contribution in [3.05, 3.63) is 0 Å². The van der Waals surface area contributed by atoms with E-state index < -0.39 is 5.97 Å². The van der Waals surface area contributed by atoms with Crippen molar-refractivity contribution in [2.24, 2.45) is 0 Å². The molecule has 15 heavy (non-hydrogen) atoms. The Labute approximate surface area is 95.3 Å². The zero-order chi connectivity index (χ0) is 11.5. The van der Waals surface area contributed by atoms with E-state index in [4.69, 9.17) is 14.6 Å². The summed E-state index contributed by atoms with van der Waals surface area (Å²) in [5, 5.41) is 8.68. The molecule has 0 aliphatic carbocycles. The zero-order valence-electron chi connectivity index (χ0n) is 9.40. The Morgan fingerprint density at radius 2 is 2.13 bits per heavy atom. The van der Waals surface area contributed by atoms with Gasteiger partial charge in [-0.25, -0.2) is 0 Å². The molecule has 0 aromatic rings. The average Bonchev–Trinajstić information content (AvgIpc) is 2.15. The molecule has 0 radical (unpaired) electrons. The van der Waals surface area contributed by atoms with Crippen molar-refractivity contribution in [1.29, 1.82) is 0 Å². The van der Waals surface area contributed by atoms with Crippen LogP contribution < -0.4 is 0 Å². The van der Waals surface area contributed by atoms with E-state index in [0.29, 0.717) is 13.2 Å². The van der Waals surface area contributed by atoms with Crippen LogP contribution in [0.4, 0.5) is 0 Å². The Balaban J connectivity index is 3.13. The van der Waals surface area contributed by atoms with Crippen molar-refractivity contribution in [1.82, 2.24) is 0 Å². The summed E-state index contributed by atoms with van der Waals surface area (Å²) in [7, 11) is 1.67. The predicted octanol–water partition coefficient (Wildman–Crippen LogP) is 1.64. The molecule has 0 aromatic heterocycles. The van der Waals surface area contributed by atoms with Crippen LogP contribution in [0.15, 0.2) is 0 Å². The van der Waals surface area contributed by atoms with Crippen molar-refractivity contribution >= 4 is 17.7 Å². The summed E-state index contributed by atoms with van der Waals surface area (Å²) >= 11 is 1.63. The van der Waals surface area contributed by atoms with Crippen LogP contribution in [0.2, 0.25) is 0 Å². The Morgan fingerprint density at radius 1 is 1.40 bits per heavy atom. The smallest absolute Gasteiger partial charge is 0.304 e. The summed E-state index contributed by atoms with van der Waals surface area (Å²) < 4.78 is 10.2. The highest BCUT2D eigenvalue weighted by atomic mass is 32.2. The van der Waals surface area contributed by atoms with Gasteiger partial charge in [-0.1, -0.05) is 6.92 Å². The van der Waals surface area contributed by atoms with Crippen LogP contribution in [-0.4, -0.2) is 49.0 Å². The summed E-state index contributed by atoms with van der Waals surface area (Å²) in [5.74, 6) is 0.109. The molecule has 1 unspecified atom stereocenters. The third-order valence-electron chi connectivity index (χ3n) is 1.73. The van der Waals surface area contributed by atoms with Gasteiger partial charge in [-0.05, 0) is 6.42 Å². The average molecular weight is 236 g/mol. The maximum Gasteiger partial charge on any atom is 0.304 e. The van der Waals surface area contributed by atoms with Crippen molar-refractivity contribution in [3.63, 3.8) is 0 Å². The van der Waals surface area contributed by atoms with E-state index in [2.05, 4.69) is 0 Å². The predicted molar refractivity (Wildman–Crippen MR) is 61.5 cm³/mol. The molecule has 0 aliphatic heterocycles. The normalized spacial score (nSPS) is 12.7. The molecule has 5 heteroatoms. The van der Waals surface area contributed by atoms with Gasteiger partial charge in [-0.3, -0.25) is 4.79 Å². The molecule has 0 bridgehead atoms. The van der Waals surface area contributed by atoms with E-state index in [0.717, 1.165) is 18.8 Å². The van der Waals surface area contributed by atoms with Crippen LogP contribution in [0, 0.1) is 0 Å². The lowest BCUT2D eigenvalue weighted by atomic mass is 10.3. The van der Waals surface area contributed by atoms with E-state index in [1.165, 1.54) is 0 Å². The van der Waals surface area contributed by atoms with E-state index >= 15 is 0 Å². The molecule has 0 heterocycles. The highest BCUT2D eigenvalue weighted by Crippen LogP contribution is 2.13. The molecule has 0 fully saturated rings. The van der Waals surface area contributed by atoms with Gasteiger partial charge in [0.15, 0.2) is 0 Å². The molecular weight excluding hydrogens is 216 g/mol. The van der Waals surface area contributed by atoms with Gasteiger partial charge in [0.05, 0.1) is 13.0 Å². The van der Waals surface area contributed by atoms with Crippen molar-refractivity contribution < 1.29 is 19.4 Å². The second kappa shape index (κ2) is 10.3. The van der Waals surface area contributed by atoms with Gasteiger partial charge in [0.1, 0.15) is 0 Å². The lowest BCUT2D eigenvalue weighted by molar-refractivity contribution is -0.136. The summed E-state index contributed by atoms with van der Waals surface area (Å²) in [6.45, 7) is 4.03. The Morgan fingerprint density at radius 3 is 2.73 bits per heavy atom. The minimum absolute atomic E-state index is 0.157. The number of hydrogen-bond donors (Lipinski definition) is 1.